The van der Waals surface area contributed by atoms with Gasteiger partial charge in [-0.25, -0.2) is 4.98 Å². The van der Waals surface area contributed by atoms with Gasteiger partial charge in [0.05, 0.1) is 18.9 Å². The molecule has 0 saturated carbocycles. The Morgan fingerprint density at radius 1 is 1.14 bits per heavy atom. The largest absolute Gasteiger partial charge is 0.396 e. The van der Waals surface area contributed by atoms with Gasteiger partial charge in [-0.2, -0.15) is 0 Å². The highest BCUT2D eigenvalue weighted by atomic mass is 16.5. The third-order valence-electron chi connectivity index (χ3n) is 3.57. The van der Waals surface area contributed by atoms with Gasteiger partial charge >= 0.3 is 0 Å². The zero-order valence-electron chi connectivity index (χ0n) is 12.0. The third-order valence-corrected chi connectivity index (χ3v) is 3.57. The Hall–Kier alpha value is -2.11. The first-order chi connectivity index (χ1) is 10.3. The van der Waals surface area contributed by atoms with Gasteiger partial charge in [0, 0.05) is 31.5 Å². The Kier molecular flexibility index (Phi) is 4.33. The number of morpholine rings is 1. The first-order valence-electron chi connectivity index (χ1n) is 7.18. The second kappa shape index (κ2) is 6.56. The molecule has 1 aliphatic heterocycles. The van der Waals surface area contributed by atoms with E-state index >= 15 is 0 Å². The molecule has 0 bridgehead atoms. The third kappa shape index (κ3) is 3.71. The molecule has 5 heteroatoms. The maximum Gasteiger partial charge on any atom is 0.153 e. The van der Waals surface area contributed by atoms with Crippen LogP contribution in [0.2, 0.25) is 0 Å². The number of nitrogens with zero attached hydrogens (tertiary/aromatic N) is 2. The van der Waals surface area contributed by atoms with E-state index in [1.807, 2.05) is 12.1 Å². The Labute approximate surface area is 124 Å². The Morgan fingerprint density at radius 2 is 1.90 bits per heavy atom. The molecule has 110 valence electrons. The lowest BCUT2D eigenvalue weighted by atomic mass is 10.2. The van der Waals surface area contributed by atoms with Crippen molar-refractivity contribution in [2.24, 2.45) is 0 Å². The second-order valence-corrected chi connectivity index (χ2v) is 5.15. The number of pyridine rings is 1. The van der Waals surface area contributed by atoms with Crippen molar-refractivity contribution in [1.29, 1.82) is 0 Å². The van der Waals surface area contributed by atoms with Crippen LogP contribution in [0.5, 0.6) is 0 Å². The van der Waals surface area contributed by atoms with E-state index < -0.39 is 0 Å². The van der Waals surface area contributed by atoms with E-state index in [0.717, 1.165) is 38.5 Å². The highest BCUT2D eigenvalue weighted by molar-refractivity contribution is 5.68. The van der Waals surface area contributed by atoms with Crippen molar-refractivity contribution in [3.05, 3.63) is 48.2 Å². The van der Waals surface area contributed by atoms with Crippen LogP contribution in [0.25, 0.3) is 0 Å². The van der Waals surface area contributed by atoms with Gasteiger partial charge in [-0.3, -0.25) is 4.90 Å². The average molecular weight is 284 g/mol. The lowest BCUT2D eigenvalue weighted by molar-refractivity contribution is 0.0342. The molecule has 21 heavy (non-hydrogen) atoms. The van der Waals surface area contributed by atoms with Gasteiger partial charge in [0.25, 0.3) is 0 Å². The fourth-order valence-corrected chi connectivity index (χ4v) is 2.37. The van der Waals surface area contributed by atoms with Crippen LogP contribution in [0.1, 0.15) is 5.56 Å². The predicted molar refractivity (Wildman–Crippen MR) is 84.5 cm³/mol. The number of nitrogen functional groups attached to an aromatic ring is 1. The minimum Gasteiger partial charge on any atom is -0.396 e. The summed E-state index contributed by atoms with van der Waals surface area (Å²) in [4.78, 5) is 6.64. The van der Waals surface area contributed by atoms with Crippen LogP contribution in [0.4, 0.5) is 17.2 Å². The van der Waals surface area contributed by atoms with Crippen LogP contribution in [-0.2, 0) is 11.3 Å². The quantitative estimate of drug-likeness (QED) is 0.901. The normalized spacial score (nSPS) is 15.8. The molecule has 3 rings (SSSR count). The smallest absolute Gasteiger partial charge is 0.153 e. The average Bonchev–Trinajstić information content (AvgIpc) is 2.52. The van der Waals surface area contributed by atoms with Crippen LogP contribution in [0.3, 0.4) is 0 Å². The molecular formula is C16H20N4O. The summed E-state index contributed by atoms with van der Waals surface area (Å²) in [6, 6.07) is 12.1. The summed E-state index contributed by atoms with van der Waals surface area (Å²) < 4.78 is 5.36. The van der Waals surface area contributed by atoms with Crippen LogP contribution in [0.15, 0.2) is 42.6 Å². The first kappa shape index (κ1) is 13.9. The van der Waals surface area contributed by atoms with Crippen molar-refractivity contribution in [3.8, 4) is 0 Å². The van der Waals surface area contributed by atoms with Crippen molar-refractivity contribution in [3.63, 3.8) is 0 Å². The van der Waals surface area contributed by atoms with Crippen molar-refractivity contribution < 1.29 is 4.74 Å². The number of benzene rings is 1. The number of rotatable bonds is 4. The molecule has 3 N–H and O–H groups in total. The molecule has 5 nitrogen and oxygen atoms in total. The number of nitrogens with one attached hydrogen (secondary N) is 1. The lowest BCUT2D eigenvalue weighted by Crippen LogP contribution is -2.35. The van der Waals surface area contributed by atoms with Gasteiger partial charge in [-0.15, -0.1) is 0 Å². The molecule has 1 fully saturated rings. The molecule has 0 atom stereocenters. The van der Waals surface area contributed by atoms with Gasteiger partial charge in [-0.05, 0) is 29.8 Å². The number of hydrogen-bond acceptors (Lipinski definition) is 5. The second-order valence-electron chi connectivity index (χ2n) is 5.15. The van der Waals surface area contributed by atoms with Gasteiger partial charge in [0.15, 0.2) is 5.82 Å². The maximum absolute atomic E-state index is 5.88. The van der Waals surface area contributed by atoms with Crippen molar-refractivity contribution >= 4 is 17.2 Å². The van der Waals surface area contributed by atoms with Crippen molar-refractivity contribution in [1.82, 2.24) is 9.88 Å². The summed E-state index contributed by atoms with van der Waals surface area (Å²) in [6.45, 7) is 4.64. The van der Waals surface area contributed by atoms with Crippen LogP contribution in [0, 0.1) is 0 Å². The molecule has 1 aliphatic rings. The van der Waals surface area contributed by atoms with E-state index in [-0.39, 0.29) is 0 Å². The topological polar surface area (TPSA) is 63.4 Å². The molecular weight excluding hydrogens is 264 g/mol. The van der Waals surface area contributed by atoms with E-state index in [4.69, 9.17) is 10.5 Å². The SMILES string of the molecule is Nc1cccnc1Nc1ccc(CN2CCOCC2)cc1. The van der Waals surface area contributed by atoms with E-state index in [9.17, 15) is 0 Å². The summed E-state index contributed by atoms with van der Waals surface area (Å²) in [7, 11) is 0. The van der Waals surface area contributed by atoms with Gasteiger partial charge < -0.3 is 15.8 Å². The van der Waals surface area contributed by atoms with Crippen molar-refractivity contribution in [2.75, 3.05) is 37.4 Å². The lowest BCUT2D eigenvalue weighted by Gasteiger charge is -2.26. The van der Waals surface area contributed by atoms with Crippen LogP contribution >= 0.6 is 0 Å². The summed E-state index contributed by atoms with van der Waals surface area (Å²) >= 11 is 0. The van der Waals surface area contributed by atoms with Crippen LogP contribution < -0.4 is 11.1 Å². The number of anilines is 3. The number of aromatic nitrogens is 1. The molecule has 2 aromatic rings. The van der Waals surface area contributed by atoms with E-state index in [1.165, 1.54) is 5.56 Å². The summed E-state index contributed by atoms with van der Waals surface area (Å²) in [5.74, 6) is 0.693. The monoisotopic (exact) mass is 284 g/mol. The number of hydrogen-bond donors (Lipinski definition) is 2. The molecule has 1 aromatic heterocycles. The highest BCUT2D eigenvalue weighted by Gasteiger charge is 2.10. The number of ether oxygens (including phenoxy) is 1. The molecule has 2 heterocycles. The first-order valence-corrected chi connectivity index (χ1v) is 7.18. The minimum absolute atomic E-state index is 0.648. The predicted octanol–water partition coefficient (Wildman–Crippen LogP) is 2.24. The fraction of sp³-hybridized carbons (Fsp3) is 0.312. The number of nitrogens with two attached hydrogens (primary N) is 1. The summed E-state index contributed by atoms with van der Waals surface area (Å²) in [5.41, 5.74) is 8.82. The minimum atomic E-state index is 0.648. The standard InChI is InChI=1S/C16H20N4O/c17-15-2-1-7-18-16(15)19-14-5-3-13(4-6-14)12-20-8-10-21-11-9-20/h1-7H,8-12,17H2,(H,18,19). The zero-order chi connectivity index (χ0) is 14.5. The Bertz CT molecular complexity index is 579. The van der Waals surface area contributed by atoms with E-state index in [2.05, 4.69) is 39.5 Å². The van der Waals surface area contributed by atoms with Gasteiger partial charge in [-0.1, -0.05) is 12.1 Å². The summed E-state index contributed by atoms with van der Waals surface area (Å²) in [5, 5.41) is 3.23. The Balaban J connectivity index is 1.62. The highest BCUT2D eigenvalue weighted by Crippen LogP contribution is 2.20. The van der Waals surface area contributed by atoms with Crippen molar-refractivity contribution in [2.45, 2.75) is 6.54 Å². The molecule has 0 radical (unpaired) electrons. The molecule has 0 unspecified atom stereocenters. The van der Waals surface area contributed by atoms with Gasteiger partial charge in [0.2, 0.25) is 0 Å². The zero-order valence-corrected chi connectivity index (χ0v) is 12.0. The molecule has 0 spiro atoms. The maximum atomic E-state index is 5.88. The molecule has 1 saturated heterocycles. The summed E-state index contributed by atoms with van der Waals surface area (Å²) in [6.07, 6.45) is 1.73. The van der Waals surface area contributed by atoms with E-state index in [1.54, 1.807) is 6.20 Å². The fourth-order valence-electron chi connectivity index (χ4n) is 2.37. The Morgan fingerprint density at radius 3 is 2.62 bits per heavy atom. The van der Waals surface area contributed by atoms with E-state index in [0.29, 0.717) is 11.5 Å². The van der Waals surface area contributed by atoms with Crippen LogP contribution in [-0.4, -0.2) is 36.2 Å². The van der Waals surface area contributed by atoms with Gasteiger partial charge in [0.1, 0.15) is 0 Å². The molecule has 1 aromatic carbocycles. The molecule has 0 aliphatic carbocycles. The molecule has 0 amide bonds.